The van der Waals surface area contributed by atoms with Gasteiger partial charge in [0.2, 0.25) is 0 Å². The number of rotatable bonds is 2. The molecule has 1 aliphatic heterocycles. The Morgan fingerprint density at radius 2 is 1.92 bits per heavy atom. The van der Waals surface area contributed by atoms with Gasteiger partial charge in [0, 0.05) is 17.4 Å². The van der Waals surface area contributed by atoms with E-state index in [4.69, 9.17) is 9.47 Å². The summed E-state index contributed by atoms with van der Waals surface area (Å²) in [5.41, 5.74) is 0.750. The molecule has 3 fully saturated rings. The molecule has 0 amide bonds. The summed E-state index contributed by atoms with van der Waals surface area (Å²) in [5, 5.41) is 10.5. The van der Waals surface area contributed by atoms with Gasteiger partial charge in [-0.1, -0.05) is 33.3 Å². The van der Waals surface area contributed by atoms with Crippen LogP contribution >= 0.6 is 0 Å². The molecule has 136 valence electrons. The molecule has 3 aliphatic rings. The van der Waals surface area contributed by atoms with Gasteiger partial charge in [-0.25, -0.2) is 4.79 Å². The third-order valence-corrected chi connectivity index (χ3v) is 7.65. The van der Waals surface area contributed by atoms with Crippen molar-refractivity contribution in [1.82, 2.24) is 0 Å². The predicted octanol–water partition coefficient (Wildman–Crippen LogP) is 3.68. The molecule has 0 aromatic heterocycles. The number of ether oxygens (including phenoxy) is 2. The molecule has 4 heteroatoms. The number of allylic oxidation sites excluding steroid dienone is 1. The average molecular weight is 336 g/mol. The van der Waals surface area contributed by atoms with E-state index in [1.807, 2.05) is 13.8 Å². The molecular formula is C20H32O4. The molecule has 6 unspecified atom stereocenters. The van der Waals surface area contributed by atoms with E-state index in [1.165, 1.54) is 0 Å². The second kappa shape index (κ2) is 5.57. The van der Waals surface area contributed by atoms with Gasteiger partial charge >= 0.3 is 5.97 Å². The lowest BCUT2D eigenvalue weighted by Gasteiger charge is -2.60. The minimum Gasteiger partial charge on any atom is -0.459 e. The van der Waals surface area contributed by atoms with Crippen molar-refractivity contribution in [1.29, 1.82) is 0 Å². The molecule has 0 radical (unpaired) electrons. The first-order chi connectivity index (χ1) is 11.0. The summed E-state index contributed by atoms with van der Waals surface area (Å²) in [6.45, 7) is 13.6. The highest BCUT2D eigenvalue weighted by Gasteiger charge is 2.72. The fraction of sp³-hybridized carbons (Fsp3) is 0.850. The number of carbonyl (C=O) groups excluding carboxylic acids is 1. The van der Waals surface area contributed by atoms with Crippen LogP contribution in [0.15, 0.2) is 11.6 Å². The molecule has 3 rings (SSSR count). The lowest BCUT2D eigenvalue weighted by atomic mass is 9.45. The summed E-state index contributed by atoms with van der Waals surface area (Å²) in [4.78, 5) is 12.3. The number of carbonyl (C=O) groups is 1. The second-order valence-corrected chi connectivity index (χ2v) is 9.40. The van der Waals surface area contributed by atoms with Gasteiger partial charge < -0.3 is 14.6 Å². The lowest BCUT2D eigenvalue weighted by molar-refractivity contribution is -0.212. The Labute approximate surface area is 145 Å². The molecule has 1 heterocycles. The number of esters is 1. The smallest absolute Gasteiger partial charge is 0.330 e. The lowest BCUT2D eigenvalue weighted by Crippen LogP contribution is -2.59. The van der Waals surface area contributed by atoms with Crippen molar-refractivity contribution in [3.63, 3.8) is 0 Å². The van der Waals surface area contributed by atoms with Crippen LogP contribution in [0.4, 0.5) is 0 Å². The van der Waals surface area contributed by atoms with Crippen LogP contribution in [0.5, 0.6) is 0 Å². The first kappa shape index (κ1) is 17.9. The molecule has 24 heavy (non-hydrogen) atoms. The molecule has 0 aromatic rings. The number of fused-ring (bicyclic) bond motifs is 3. The van der Waals surface area contributed by atoms with Crippen LogP contribution in [0, 0.1) is 28.1 Å². The SMILES string of the molecule is CC(C)=CC(=O)OC1CCC(C)(C)C2(C)C3C(COC3O)CC12C. The minimum absolute atomic E-state index is 0.0647. The van der Waals surface area contributed by atoms with E-state index in [2.05, 4.69) is 27.7 Å². The molecule has 6 atom stereocenters. The van der Waals surface area contributed by atoms with Crippen molar-refractivity contribution < 1.29 is 19.4 Å². The van der Waals surface area contributed by atoms with Crippen molar-refractivity contribution in [3.8, 4) is 0 Å². The van der Waals surface area contributed by atoms with Crippen LogP contribution in [0.25, 0.3) is 0 Å². The molecule has 1 saturated heterocycles. The minimum atomic E-state index is -0.701. The summed E-state index contributed by atoms with van der Waals surface area (Å²) >= 11 is 0. The van der Waals surface area contributed by atoms with Crippen LogP contribution in [0.2, 0.25) is 0 Å². The van der Waals surface area contributed by atoms with Crippen molar-refractivity contribution >= 4 is 5.97 Å². The van der Waals surface area contributed by atoms with E-state index in [0.717, 1.165) is 24.8 Å². The van der Waals surface area contributed by atoms with Crippen molar-refractivity contribution in [3.05, 3.63) is 11.6 Å². The van der Waals surface area contributed by atoms with Gasteiger partial charge in [-0.2, -0.15) is 0 Å². The maximum atomic E-state index is 12.3. The van der Waals surface area contributed by atoms with Crippen LogP contribution < -0.4 is 0 Å². The zero-order valence-electron chi connectivity index (χ0n) is 15.9. The Balaban J connectivity index is 1.97. The van der Waals surface area contributed by atoms with Crippen LogP contribution in [0.3, 0.4) is 0 Å². The maximum absolute atomic E-state index is 12.3. The number of hydrogen-bond donors (Lipinski definition) is 1. The van der Waals surface area contributed by atoms with Gasteiger partial charge in [-0.05, 0) is 49.9 Å². The van der Waals surface area contributed by atoms with Crippen LogP contribution in [0.1, 0.15) is 60.8 Å². The Kier molecular flexibility index (Phi) is 4.16. The van der Waals surface area contributed by atoms with Gasteiger partial charge in [0.25, 0.3) is 0 Å². The van der Waals surface area contributed by atoms with E-state index in [9.17, 15) is 9.90 Å². The van der Waals surface area contributed by atoms with E-state index in [0.29, 0.717) is 12.5 Å². The van der Waals surface area contributed by atoms with E-state index in [1.54, 1.807) is 6.08 Å². The van der Waals surface area contributed by atoms with Crippen LogP contribution in [-0.2, 0) is 14.3 Å². The number of aliphatic hydroxyl groups is 1. The molecule has 1 N–H and O–H groups in total. The molecular weight excluding hydrogens is 304 g/mol. The standard InChI is InChI=1S/C20H32O4/c1-12(2)9-15(21)24-14-7-8-18(3,4)20(6)16-13(10-19(14,20)5)11-23-17(16)22/h9,13-14,16-17,22H,7-8,10-11H2,1-6H3. The van der Waals surface area contributed by atoms with E-state index in [-0.39, 0.29) is 34.2 Å². The quantitative estimate of drug-likeness (QED) is 0.617. The fourth-order valence-electron chi connectivity index (χ4n) is 6.10. The van der Waals surface area contributed by atoms with Crippen molar-refractivity contribution in [2.45, 2.75) is 73.2 Å². The average Bonchev–Trinajstić information content (AvgIpc) is 2.92. The molecule has 4 nitrogen and oxygen atoms in total. The van der Waals surface area contributed by atoms with Crippen molar-refractivity contribution in [2.75, 3.05) is 6.61 Å². The first-order valence-electron chi connectivity index (χ1n) is 9.18. The summed E-state index contributed by atoms with van der Waals surface area (Å²) in [6, 6.07) is 0. The summed E-state index contributed by atoms with van der Waals surface area (Å²) in [5.74, 6) is 0.219. The van der Waals surface area contributed by atoms with Gasteiger partial charge in [-0.15, -0.1) is 0 Å². The Morgan fingerprint density at radius 3 is 2.54 bits per heavy atom. The topological polar surface area (TPSA) is 55.8 Å². The first-order valence-corrected chi connectivity index (χ1v) is 9.18. The largest absolute Gasteiger partial charge is 0.459 e. The van der Waals surface area contributed by atoms with Crippen molar-refractivity contribution in [2.24, 2.45) is 28.1 Å². The molecule has 2 saturated carbocycles. The Bertz CT molecular complexity index is 562. The van der Waals surface area contributed by atoms with Gasteiger partial charge in [0.15, 0.2) is 6.29 Å². The summed E-state index contributed by atoms with van der Waals surface area (Å²) in [6.07, 6.45) is 3.60. The van der Waals surface area contributed by atoms with E-state index >= 15 is 0 Å². The molecule has 0 spiro atoms. The summed E-state index contributed by atoms with van der Waals surface area (Å²) in [7, 11) is 0. The number of hydrogen-bond acceptors (Lipinski definition) is 4. The second-order valence-electron chi connectivity index (χ2n) is 9.40. The maximum Gasteiger partial charge on any atom is 0.330 e. The highest BCUT2D eigenvalue weighted by molar-refractivity contribution is 5.82. The predicted molar refractivity (Wildman–Crippen MR) is 92.1 cm³/mol. The highest BCUT2D eigenvalue weighted by Crippen LogP contribution is 2.73. The zero-order valence-corrected chi connectivity index (χ0v) is 15.9. The van der Waals surface area contributed by atoms with Gasteiger partial charge in [-0.3, -0.25) is 0 Å². The fourth-order valence-corrected chi connectivity index (χ4v) is 6.10. The van der Waals surface area contributed by atoms with Gasteiger partial charge in [0.05, 0.1) is 6.61 Å². The third kappa shape index (κ3) is 2.29. The number of aliphatic hydroxyl groups excluding tert-OH is 1. The molecule has 2 aliphatic carbocycles. The molecule has 0 aromatic carbocycles. The van der Waals surface area contributed by atoms with E-state index < -0.39 is 6.29 Å². The van der Waals surface area contributed by atoms with Gasteiger partial charge in [0.1, 0.15) is 6.10 Å². The Morgan fingerprint density at radius 1 is 1.25 bits per heavy atom. The third-order valence-electron chi connectivity index (χ3n) is 7.65. The highest BCUT2D eigenvalue weighted by atomic mass is 16.6. The summed E-state index contributed by atoms with van der Waals surface area (Å²) < 4.78 is 11.5. The molecule has 0 bridgehead atoms. The zero-order chi connectivity index (χ0) is 17.9. The monoisotopic (exact) mass is 336 g/mol. The Hall–Kier alpha value is -0.870. The normalized spacial score (nSPS) is 46.1. The van der Waals surface area contributed by atoms with Crippen LogP contribution in [-0.4, -0.2) is 30.1 Å².